The molecule has 0 saturated carbocycles. The third-order valence-corrected chi connectivity index (χ3v) is 4.79. The SMILES string of the molecule is CCCN(C(=O)c1cc2c(cc1F)NC(=O)CC2)C1CCNCC1. The maximum absolute atomic E-state index is 14.5. The molecule has 0 aromatic heterocycles. The lowest BCUT2D eigenvalue weighted by Gasteiger charge is -2.35. The van der Waals surface area contributed by atoms with Crippen LogP contribution < -0.4 is 10.6 Å². The van der Waals surface area contributed by atoms with Crippen molar-refractivity contribution in [3.8, 4) is 0 Å². The van der Waals surface area contributed by atoms with Crippen LogP contribution in [0.25, 0.3) is 0 Å². The molecule has 24 heavy (non-hydrogen) atoms. The van der Waals surface area contributed by atoms with Gasteiger partial charge in [-0.25, -0.2) is 4.39 Å². The number of nitrogens with zero attached hydrogens (tertiary/aromatic N) is 1. The second-order valence-corrected chi connectivity index (χ2v) is 6.52. The van der Waals surface area contributed by atoms with Gasteiger partial charge < -0.3 is 15.5 Å². The average Bonchev–Trinajstić information content (AvgIpc) is 2.59. The molecule has 0 unspecified atom stereocenters. The van der Waals surface area contributed by atoms with Crippen molar-refractivity contribution >= 4 is 17.5 Å². The molecule has 2 aliphatic rings. The van der Waals surface area contributed by atoms with Crippen molar-refractivity contribution in [1.82, 2.24) is 10.2 Å². The average molecular weight is 333 g/mol. The minimum absolute atomic E-state index is 0.108. The van der Waals surface area contributed by atoms with Gasteiger partial charge in [0.05, 0.1) is 5.56 Å². The molecular weight excluding hydrogens is 309 g/mol. The van der Waals surface area contributed by atoms with Gasteiger partial charge in [0.25, 0.3) is 5.91 Å². The van der Waals surface area contributed by atoms with Crippen LogP contribution in [0.2, 0.25) is 0 Å². The summed E-state index contributed by atoms with van der Waals surface area (Å²) in [6, 6.07) is 3.07. The topological polar surface area (TPSA) is 61.4 Å². The summed E-state index contributed by atoms with van der Waals surface area (Å²) in [4.78, 5) is 26.3. The number of carbonyl (C=O) groups is 2. The summed E-state index contributed by atoms with van der Waals surface area (Å²) in [6.45, 7) is 4.44. The number of halogens is 1. The zero-order valence-electron chi connectivity index (χ0n) is 14.0. The molecule has 1 fully saturated rings. The van der Waals surface area contributed by atoms with E-state index in [0.717, 1.165) is 37.9 Å². The van der Waals surface area contributed by atoms with Crippen molar-refractivity contribution in [2.24, 2.45) is 0 Å². The Morgan fingerprint density at radius 3 is 2.75 bits per heavy atom. The third-order valence-electron chi connectivity index (χ3n) is 4.79. The van der Waals surface area contributed by atoms with E-state index in [-0.39, 0.29) is 23.4 Å². The Bertz CT molecular complexity index is 641. The van der Waals surface area contributed by atoms with E-state index in [1.165, 1.54) is 6.07 Å². The first kappa shape index (κ1) is 16.9. The van der Waals surface area contributed by atoms with E-state index >= 15 is 0 Å². The smallest absolute Gasteiger partial charge is 0.257 e. The number of aryl methyl sites for hydroxylation is 1. The van der Waals surface area contributed by atoms with Crippen LogP contribution in [-0.4, -0.2) is 42.4 Å². The Kier molecular flexibility index (Phi) is 5.14. The number of hydrogen-bond acceptors (Lipinski definition) is 3. The first-order chi connectivity index (χ1) is 11.6. The Hall–Kier alpha value is -1.95. The molecule has 1 saturated heterocycles. The number of benzene rings is 1. The van der Waals surface area contributed by atoms with Gasteiger partial charge in [0, 0.05) is 24.7 Å². The van der Waals surface area contributed by atoms with E-state index in [2.05, 4.69) is 10.6 Å². The van der Waals surface area contributed by atoms with Crippen molar-refractivity contribution in [3.05, 3.63) is 29.1 Å². The predicted molar refractivity (Wildman–Crippen MR) is 90.6 cm³/mol. The number of carbonyl (C=O) groups excluding carboxylic acids is 2. The highest BCUT2D eigenvalue weighted by Crippen LogP contribution is 2.27. The molecule has 1 aromatic rings. The van der Waals surface area contributed by atoms with Crippen molar-refractivity contribution in [2.75, 3.05) is 25.0 Å². The van der Waals surface area contributed by atoms with E-state index in [4.69, 9.17) is 0 Å². The van der Waals surface area contributed by atoms with Gasteiger partial charge in [-0.15, -0.1) is 0 Å². The quantitative estimate of drug-likeness (QED) is 0.889. The summed E-state index contributed by atoms with van der Waals surface area (Å²) in [7, 11) is 0. The molecule has 6 heteroatoms. The van der Waals surface area contributed by atoms with Gasteiger partial charge in [0.2, 0.25) is 5.91 Å². The molecule has 0 radical (unpaired) electrons. The molecule has 1 aromatic carbocycles. The number of amides is 2. The third kappa shape index (κ3) is 3.43. The molecule has 3 rings (SSSR count). The molecule has 130 valence electrons. The van der Waals surface area contributed by atoms with Crippen LogP contribution in [0.5, 0.6) is 0 Å². The first-order valence-electron chi connectivity index (χ1n) is 8.74. The Labute approximate surface area is 141 Å². The lowest BCUT2D eigenvalue weighted by atomic mass is 9.98. The second-order valence-electron chi connectivity index (χ2n) is 6.52. The normalized spacial score (nSPS) is 18.0. The number of nitrogens with one attached hydrogen (secondary N) is 2. The molecule has 5 nitrogen and oxygen atoms in total. The Balaban J connectivity index is 1.88. The van der Waals surface area contributed by atoms with Gasteiger partial charge in [-0.3, -0.25) is 9.59 Å². The number of anilines is 1. The zero-order valence-corrected chi connectivity index (χ0v) is 14.0. The van der Waals surface area contributed by atoms with Crippen molar-refractivity contribution < 1.29 is 14.0 Å². The largest absolute Gasteiger partial charge is 0.335 e. The van der Waals surface area contributed by atoms with E-state index < -0.39 is 5.82 Å². The Morgan fingerprint density at radius 1 is 1.29 bits per heavy atom. The van der Waals surface area contributed by atoms with Gasteiger partial charge in [-0.2, -0.15) is 0 Å². The molecule has 2 N–H and O–H groups in total. The lowest BCUT2D eigenvalue weighted by molar-refractivity contribution is -0.116. The van der Waals surface area contributed by atoms with E-state index in [1.54, 1.807) is 6.07 Å². The Morgan fingerprint density at radius 2 is 2.04 bits per heavy atom. The van der Waals surface area contributed by atoms with Gasteiger partial charge in [0.15, 0.2) is 0 Å². The van der Waals surface area contributed by atoms with Crippen molar-refractivity contribution in [2.45, 2.75) is 45.1 Å². The molecule has 2 amide bonds. The predicted octanol–water partition coefficient (Wildman–Crippen LogP) is 2.31. The summed E-state index contributed by atoms with van der Waals surface area (Å²) in [6.07, 6.45) is 3.56. The van der Waals surface area contributed by atoms with E-state index in [1.807, 2.05) is 11.8 Å². The lowest BCUT2D eigenvalue weighted by Crippen LogP contribution is -2.46. The van der Waals surface area contributed by atoms with Crippen molar-refractivity contribution in [3.63, 3.8) is 0 Å². The fraction of sp³-hybridized carbons (Fsp3) is 0.556. The zero-order chi connectivity index (χ0) is 17.1. The highest BCUT2D eigenvalue weighted by molar-refractivity contribution is 5.98. The van der Waals surface area contributed by atoms with Crippen LogP contribution in [0.1, 0.15) is 48.5 Å². The van der Waals surface area contributed by atoms with Crippen molar-refractivity contribution in [1.29, 1.82) is 0 Å². The molecule has 0 bridgehead atoms. The van der Waals surface area contributed by atoms with Gasteiger partial charge in [0.1, 0.15) is 5.82 Å². The first-order valence-corrected chi connectivity index (χ1v) is 8.74. The summed E-state index contributed by atoms with van der Waals surface area (Å²) < 4.78 is 14.5. The summed E-state index contributed by atoms with van der Waals surface area (Å²) >= 11 is 0. The van der Waals surface area contributed by atoms with Crippen LogP contribution >= 0.6 is 0 Å². The van der Waals surface area contributed by atoms with Crippen LogP contribution in [0.3, 0.4) is 0 Å². The fourth-order valence-corrected chi connectivity index (χ4v) is 3.53. The molecule has 0 aliphatic carbocycles. The molecule has 2 aliphatic heterocycles. The maximum Gasteiger partial charge on any atom is 0.257 e. The highest BCUT2D eigenvalue weighted by Gasteiger charge is 2.28. The van der Waals surface area contributed by atoms with Gasteiger partial charge >= 0.3 is 0 Å². The number of rotatable bonds is 4. The minimum atomic E-state index is -0.559. The van der Waals surface area contributed by atoms with Crippen LogP contribution in [0.4, 0.5) is 10.1 Å². The van der Waals surface area contributed by atoms with Gasteiger partial charge in [-0.05, 0) is 56.5 Å². The molecular formula is C18H24FN3O2. The second kappa shape index (κ2) is 7.30. The molecule has 2 heterocycles. The van der Waals surface area contributed by atoms with Crippen LogP contribution in [0, 0.1) is 5.82 Å². The van der Waals surface area contributed by atoms with Crippen LogP contribution in [0.15, 0.2) is 12.1 Å². The fourth-order valence-electron chi connectivity index (χ4n) is 3.53. The van der Waals surface area contributed by atoms with E-state index in [0.29, 0.717) is 25.1 Å². The van der Waals surface area contributed by atoms with Gasteiger partial charge in [-0.1, -0.05) is 6.92 Å². The molecule has 0 atom stereocenters. The monoisotopic (exact) mass is 333 g/mol. The van der Waals surface area contributed by atoms with Crippen LogP contribution in [-0.2, 0) is 11.2 Å². The standard InChI is InChI=1S/C18H24FN3O2/c1-2-9-22(13-5-7-20-8-6-13)18(24)14-10-12-3-4-17(23)21-16(12)11-15(14)19/h10-11,13,20H,2-9H2,1H3,(H,21,23). The number of piperidine rings is 1. The highest BCUT2D eigenvalue weighted by atomic mass is 19.1. The summed E-state index contributed by atoms with van der Waals surface area (Å²) in [5, 5.41) is 5.97. The minimum Gasteiger partial charge on any atom is -0.335 e. The molecule has 0 spiro atoms. The number of hydrogen-bond donors (Lipinski definition) is 2. The summed E-state index contributed by atoms with van der Waals surface area (Å²) in [5.41, 5.74) is 1.45. The summed E-state index contributed by atoms with van der Waals surface area (Å²) in [5.74, 6) is -0.903. The van der Waals surface area contributed by atoms with E-state index in [9.17, 15) is 14.0 Å². The maximum atomic E-state index is 14.5. The number of fused-ring (bicyclic) bond motifs is 1.